The van der Waals surface area contributed by atoms with E-state index in [-0.39, 0.29) is 31.1 Å². The van der Waals surface area contributed by atoms with E-state index in [0.717, 1.165) is 28.0 Å². The van der Waals surface area contributed by atoms with Crippen LogP contribution in [0.1, 0.15) is 30.0 Å². The zero-order valence-corrected chi connectivity index (χ0v) is 21.6. The van der Waals surface area contributed by atoms with Gasteiger partial charge in [0.05, 0.1) is 25.4 Å². The number of ether oxygens (including phenoxy) is 2. The minimum Gasteiger partial charge on any atom is -0.496 e. The van der Waals surface area contributed by atoms with Crippen LogP contribution in [0.5, 0.6) is 11.5 Å². The third-order valence-electron chi connectivity index (χ3n) is 6.36. The Morgan fingerprint density at radius 3 is 2.50 bits per heavy atom. The van der Waals surface area contributed by atoms with Crippen molar-refractivity contribution in [3.63, 3.8) is 0 Å². The van der Waals surface area contributed by atoms with Crippen LogP contribution in [0.15, 0.2) is 79.0 Å². The van der Waals surface area contributed by atoms with Crippen LogP contribution in [0.25, 0.3) is 5.57 Å². The number of hydrogen-bond acceptors (Lipinski definition) is 5. The number of aliphatic hydroxyl groups is 1. The monoisotopic (exact) mass is 514 g/mol. The predicted octanol–water partition coefficient (Wildman–Crippen LogP) is 3.78. The summed E-state index contributed by atoms with van der Waals surface area (Å²) in [5.41, 5.74) is 4.54. The van der Waals surface area contributed by atoms with E-state index in [4.69, 9.17) is 9.47 Å². The molecular weight excluding hydrogens is 482 g/mol. The topological polar surface area (TPSA) is 102 Å². The normalized spacial score (nSPS) is 12.6. The van der Waals surface area contributed by atoms with Crippen molar-refractivity contribution < 1.29 is 24.2 Å². The summed E-state index contributed by atoms with van der Waals surface area (Å²) >= 11 is 0. The Hall–Kier alpha value is -4.30. The molecule has 3 aromatic rings. The largest absolute Gasteiger partial charge is 0.496 e. The maximum atomic E-state index is 12.9. The second-order valence-corrected chi connectivity index (χ2v) is 9.07. The fraction of sp³-hybridized carbons (Fsp3) is 0.267. The number of rotatable bonds is 12. The molecule has 1 aliphatic rings. The lowest BCUT2D eigenvalue weighted by atomic mass is 9.99. The zero-order chi connectivity index (χ0) is 26.9. The quantitative estimate of drug-likeness (QED) is 0.383. The van der Waals surface area contributed by atoms with E-state index >= 15 is 0 Å². The van der Waals surface area contributed by atoms with Gasteiger partial charge in [0.1, 0.15) is 11.5 Å². The number of para-hydroxylation sites is 2. The molecule has 1 aliphatic heterocycles. The molecule has 8 nitrogen and oxygen atoms in total. The average Bonchev–Trinajstić information content (AvgIpc) is 3.34. The molecule has 0 aliphatic carbocycles. The highest BCUT2D eigenvalue weighted by molar-refractivity contribution is 5.81. The second-order valence-electron chi connectivity index (χ2n) is 9.07. The number of methoxy groups -OCH3 is 1. The lowest BCUT2D eigenvalue weighted by Gasteiger charge is -2.28. The minimum absolute atomic E-state index is 0.0603. The standard InChI is InChI=1S/C30H32N3O5/c1-21(35)33(17-23-7-3-6-10-29(23)37-2)18-25(15-24-16-31-28-9-5-4-8-27(24)28)32-30(36)20-38-26-13-11-22(19-34)12-14-26/h3-14,16,25,34H,15,17-20H2,1-2H3,(H,32,36). The molecule has 2 N–H and O–H groups in total. The van der Waals surface area contributed by atoms with E-state index in [1.54, 1.807) is 36.3 Å². The van der Waals surface area contributed by atoms with Gasteiger partial charge in [-0.25, -0.2) is 0 Å². The van der Waals surface area contributed by atoms with Gasteiger partial charge in [-0.2, -0.15) is 0 Å². The van der Waals surface area contributed by atoms with Crippen molar-refractivity contribution in [2.45, 2.75) is 32.5 Å². The molecule has 4 rings (SSSR count). The van der Waals surface area contributed by atoms with Crippen molar-refractivity contribution in [2.75, 3.05) is 20.3 Å². The van der Waals surface area contributed by atoms with Gasteiger partial charge in [0.25, 0.3) is 5.91 Å². The van der Waals surface area contributed by atoms with Crippen LogP contribution in [-0.2, 0) is 22.7 Å². The molecule has 1 radical (unpaired) electrons. The Morgan fingerprint density at radius 1 is 1.03 bits per heavy atom. The number of carbonyl (C=O) groups excluding carboxylic acids is 2. The van der Waals surface area contributed by atoms with Gasteiger partial charge in [-0.15, -0.1) is 0 Å². The molecule has 197 valence electrons. The number of hydrogen-bond donors (Lipinski definition) is 2. The number of aliphatic hydroxyl groups excluding tert-OH is 1. The summed E-state index contributed by atoms with van der Waals surface area (Å²) in [4.78, 5) is 27.3. The number of nitrogens with one attached hydrogen (secondary N) is 1. The van der Waals surface area contributed by atoms with Crippen molar-refractivity contribution in [1.82, 2.24) is 15.5 Å². The fourth-order valence-electron chi connectivity index (χ4n) is 4.38. The molecule has 3 aromatic carbocycles. The molecule has 0 spiro atoms. The third-order valence-corrected chi connectivity index (χ3v) is 6.36. The van der Waals surface area contributed by atoms with Crippen molar-refractivity contribution >= 4 is 23.1 Å². The molecule has 8 heteroatoms. The Balaban J connectivity index is 1.48. The van der Waals surface area contributed by atoms with Crippen molar-refractivity contribution in [3.8, 4) is 11.5 Å². The fourth-order valence-corrected chi connectivity index (χ4v) is 4.38. The number of carbonyl (C=O) groups is 2. The van der Waals surface area contributed by atoms with Crippen molar-refractivity contribution in [3.05, 3.63) is 95.7 Å². The molecule has 0 aromatic heterocycles. The van der Waals surface area contributed by atoms with Crippen LogP contribution in [-0.4, -0.2) is 48.1 Å². The van der Waals surface area contributed by atoms with Crippen LogP contribution in [0.2, 0.25) is 0 Å². The highest BCUT2D eigenvalue weighted by Crippen LogP contribution is 2.33. The van der Waals surface area contributed by atoms with Crippen LogP contribution < -0.4 is 20.1 Å². The maximum absolute atomic E-state index is 12.9. The van der Waals surface area contributed by atoms with Crippen LogP contribution >= 0.6 is 0 Å². The molecule has 38 heavy (non-hydrogen) atoms. The first-order valence-corrected chi connectivity index (χ1v) is 12.5. The van der Waals surface area contributed by atoms with Gasteiger partial charge in [0.2, 0.25) is 5.91 Å². The van der Waals surface area contributed by atoms with E-state index in [1.165, 1.54) is 6.92 Å². The Labute approximate surface area is 222 Å². The number of fused-ring (bicyclic) bond motifs is 1. The Bertz CT molecular complexity index is 1290. The molecule has 1 unspecified atom stereocenters. The molecule has 1 heterocycles. The predicted molar refractivity (Wildman–Crippen MR) is 145 cm³/mol. The highest BCUT2D eigenvalue weighted by atomic mass is 16.5. The summed E-state index contributed by atoms with van der Waals surface area (Å²) in [5.74, 6) is 0.819. The zero-order valence-electron chi connectivity index (χ0n) is 21.6. The molecule has 0 bridgehead atoms. The van der Waals surface area contributed by atoms with E-state index in [1.807, 2.05) is 54.7 Å². The van der Waals surface area contributed by atoms with Crippen LogP contribution in [0.3, 0.4) is 0 Å². The summed E-state index contributed by atoms with van der Waals surface area (Å²) in [7, 11) is 1.60. The van der Waals surface area contributed by atoms with Gasteiger partial charge in [-0.3, -0.25) is 14.9 Å². The summed E-state index contributed by atoms with van der Waals surface area (Å²) in [6, 6.07) is 22.0. The molecule has 1 atom stereocenters. The van der Waals surface area contributed by atoms with E-state index in [2.05, 4.69) is 10.6 Å². The summed E-state index contributed by atoms with van der Waals surface area (Å²) in [6.07, 6.45) is 2.31. The Kier molecular flexibility index (Phi) is 9.00. The average molecular weight is 515 g/mol. The van der Waals surface area contributed by atoms with Gasteiger partial charge in [0.15, 0.2) is 6.61 Å². The first-order chi connectivity index (χ1) is 18.5. The van der Waals surface area contributed by atoms with Gasteiger partial charge < -0.3 is 24.8 Å². The van der Waals surface area contributed by atoms with Gasteiger partial charge in [-0.1, -0.05) is 48.5 Å². The van der Waals surface area contributed by atoms with Crippen LogP contribution in [0, 0.1) is 0 Å². The summed E-state index contributed by atoms with van der Waals surface area (Å²) in [6.45, 7) is 1.92. The molecule has 0 saturated heterocycles. The van der Waals surface area contributed by atoms with Crippen molar-refractivity contribution in [1.29, 1.82) is 0 Å². The number of nitrogens with zero attached hydrogens (tertiary/aromatic N) is 2. The third kappa shape index (κ3) is 6.92. The van der Waals surface area contributed by atoms with E-state index < -0.39 is 0 Å². The van der Waals surface area contributed by atoms with Gasteiger partial charge in [0, 0.05) is 37.3 Å². The Morgan fingerprint density at radius 2 is 1.76 bits per heavy atom. The lowest BCUT2D eigenvalue weighted by molar-refractivity contribution is -0.131. The first-order valence-electron chi connectivity index (χ1n) is 12.5. The van der Waals surface area contributed by atoms with Crippen molar-refractivity contribution in [2.24, 2.45) is 0 Å². The highest BCUT2D eigenvalue weighted by Gasteiger charge is 2.24. The summed E-state index contributed by atoms with van der Waals surface area (Å²) < 4.78 is 11.1. The molecule has 2 amide bonds. The van der Waals surface area contributed by atoms with E-state index in [0.29, 0.717) is 31.0 Å². The minimum atomic E-state index is -0.380. The number of amides is 2. The molecule has 0 saturated carbocycles. The van der Waals surface area contributed by atoms with Gasteiger partial charge >= 0.3 is 0 Å². The SMILES string of the molecule is COc1ccccc1CN(CC(CC1=C[N]c2ccccc21)NC(=O)COc1ccc(CO)cc1)C(C)=O. The molecular formula is C30H32N3O5. The first kappa shape index (κ1) is 26.8. The molecule has 0 fully saturated rings. The summed E-state index contributed by atoms with van der Waals surface area (Å²) in [5, 5.41) is 16.8. The number of benzene rings is 3. The lowest BCUT2D eigenvalue weighted by Crippen LogP contribution is -2.46. The van der Waals surface area contributed by atoms with Crippen LogP contribution in [0.4, 0.5) is 5.69 Å². The maximum Gasteiger partial charge on any atom is 0.258 e. The van der Waals surface area contributed by atoms with Gasteiger partial charge in [-0.05, 0) is 41.8 Å². The second kappa shape index (κ2) is 12.8. The van der Waals surface area contributed by atoms with E-state index in [9.17, 15) is 14.7 Å². The smallest absolute Gasteiger partial charge is 0.258 e.